The van der Waals surface area contributed by atoms with Gasteiger partial charge in [0.25, 0.3) is 0 Å². The SMILES string of the molecule is CN(C(=O)CC1CCCN1)c1cc(Br)ccc1F. The van der Waals surface area contributed by atoms with Crippen molar-refractivity contribution in [2.45, 2.75) is 25.3 Å². The number of benzene rings is 1. The molecule has 1 aromatic rings. The molecule has 0 bridgehead atoms. The van der Waals surface area contributed by atoms with Crippen LogP contribution in [0.3, 0.4) is 0 Å². The van der Waals surface area contributed by atoms with Gasteiger partial charge in [-0.1, -0.05) is 15.9 Å². The van der Waals surface area contributed by atoms with Crippen LogP contribution in [0.5, 0.6) is 0 Å². The van der Waals surface area contributed by atoms with Gasteiger partial charge < -0.3 is 10.2 Å². The second-order valence-electron chi connectivity index (χ2n) is 4.55. The number of nitrogens with zero attached hydrogens (tertiary/aromatic N) is 1. The molecule has 0 aliphatic carbocycles. The molecule has 98 valence electrons. The van der Waals surface area contributed by atoms with Crippen LogP contribution >= 0.6 is 15.9 Å². The lowest BCUT2D eigenvalue weighted by molar-refractivity contribution is -0.118. The largest absolute Gasteiger partial charge is 0.313 e. The Morgan fingerprint density at radius 3 is 3.06 bits per heavy atom. The van der Waals surface area contributed by atoms with E-state index in [0.717, 1.165) is 23.9 Å². The molecule has 2 rings (SSSR count). The Morgan fingerprint density at radius 2 is 2.39 bits per heavy atom. The van der Waals surface area contributed by atoms with Crippen LogP contribution in [0.1, 0.15) is 19.3 Å². The number of hydrogen-bond acceptors (Lipinski definition) is 2. The van der Waals surface area contributed by atoms with Crippen molar-refractivity contribution in [2.75, 3.05) is 18.5 Å². The molecule has 3 nitrogen and oxygen atoms in total. The van der Waals surface area contributed by atoms with E-state index < -0.39 is 0 Å². The van der Waals surface area contributed by atoms with Gasteiger partial charge in [0.15, 0.2) is 0 Å². The predicted octanol–water partition coefficient (Wildman–Crippen LogP) is 2.69. The smallest absolute Gasteiger partial charge is 0.228 e. The number of rotatable bonds is 3. The zero-order valence-corrected chi connectivity index (χ0v) is 11.8. The number of hydrogen-bond donors (Lipinski definition) is 1. The molecule has 1 saturated heterocycles. The van der Waals surface area contributed by atoms with Crippen LogP contribution in [-0.2, 0) is 4.79 Å². The monoisotopic (exact) mass is 314 g/mol. The van der Waals surface area contributed by atoms with E-state index in [2.05, 4.69) is 21.2 Å². The van der Waals surface area contributed by atoms with Crippen LogP contribution in [0.15, 0.2) is 22.7 Å². The Balaban J connectivity index is 2.07. The molecule has 1 aromatic carbocycles. The van der Waals surface area contributed by atoms with Crippen LogP contribution in [0.4, 0.5) is 10.1 Å². The molecule has 1 unspecified atom stereocenters. The van der Waals surface area contributed by atoms with Gasteiger partial charge in [-0.25, -0.2) is 4.39 Å². The van der Waals surface area contributed by atoms with Crippen LogP contribution in [0.25, 0.3) is 0 Å². The van der Waals surface area contributed by atoms with Gasteiger partial charge in [0.1, 0.15) is 5.82 Å². The van der Waals surface area contributed by atoms with Crippen LogP contribution in [0, 0.1) is 5.82 Å². The summed E-state index contributed by atoms with van der Waals surface area (Å²) < 4.78 is 14.4. The Morgan fingerprint density at radius 1 is 1.61 bits per heavy atom. The fourth-order valence-corrected chi connectivity index (χ4v) is 2.50. The van der Waals surface area contributed by atoms with Gasteiger partial charge in [-0.15, -0.1) is 0 Å². The topological polar surface area (TPSA) is 32.3 Å². The maximum Gasteiger partial charge on any atom is 0.228 e. The molecule has 1 aliphatic heterocycles. The van der Waals surface area contributed by atoms with Gasteiger partial charge in [-0.2, -0.15) is 0 Å². The number of nitrogens with one attached hydrogen (secondary N) is 1. The first-order valence-corrected chi connectivity index (χ1v) is 6.82. The molecule has 1 atom stereocenters. The number of halogens is 2. The molecule has 0 aromatic heterocycles. The van der Waals surface area contributed by atoms with Crippen molar-refractivity contribution in [1.82, 2.24) is 5.32 Å². The minimum atomic E-state index is -0.381. The summed E-state index contributed by atoms with van der Waals surface area (Å²) in [6.45, 7) is 0.965. The van der Waals surface area contributed by atoms with Crippen LogP contribution in [-0.4, -0.2) is 25.5 Å². The molecule has 0 spiro atoms. The maximum absolute atomic E-state index is 13.7. The van der Waals surface area contributed by atoms with Crippen molar-refractivity contribution in [2.24, 2.45) is 0 Å². The summed E-state index contributed by atoms with van der Waals surface area (Å²) in [5, 5.41) is 3.27. The Kier molecular flexibility index (Phi) is 4.35. The molecule has 0 radical (unpaired) electrons. The average Bonchev–Trinajstić information content (AvgIpc) is 2.84. The van der Waals surface area contributed by atoms with Crippen molar-refractivity contribution >= 4 is 27.5 Å². The molecular formula is C13H16BrFN2O. The van der Waals surface area contributed by atoms with E-state index in [4.69, 9.17) is 0 Å². The summed E-state index contributed by atoms with van der Waals surface area (Å²) in [7, 11) is 1.61. The lowest BCUT2D eigenvalue weighted by Gasteiger charge is -2.20. The summed E-state index contributed by atoms with van der Waals surface area (Å²) in [4.78, 5) is 13.5. The van der Waals surface area contributed by atoms with Crippen molar-refractivity contribution < 1.29 is 9.18 Å². The highest BCUT2D eigenvalue weighted by atomic mass is 79.9. The zero-order valence-electron chi connectivity index (χ0n) is 10.2. The second-order valence-corrected chi connectivity index (χ2v) is 5.46. The molecule has 18 heavy (non-hydrogen) atoms. The lowest BCUT2D eigenvalue weighted by atomic mass is 10.1. The van der Waals surface area contributed by atoms with Gasteiger partial charge in [-0.05, 0) is 37.6 Å². The first kappa shape index (κ1) is 13.5. The molecule has 1 aliphatic rings. The Hall–Kier alpha value is -0.940. The fraction of sp³-hybridized carbons (Fsp3) is 0.462. The highest BCUT2D eigenvalue weighted by molar-refractivity contribution is 9.10. The van der Waals surface area contributed by atoms with E-state index >= 15 is 0 Å². The number of carbonyl (C=O) groups excluding carboxylic acids is 1. The first-order chi connectivity index (χ1) is 8.58. The van der Waals surface area contributed by atoms with Gasteiger partial charge >= 0.3 is 0 Å². The molecule has 0 saturated carbocycles. The van der Waals surface area contributed by atoms with Gasteiger partial charge in [-0.3, -0.25) is 4.79 Å². The summed E-state index contributed by atoms with van der Waals surface area (Å²) in [5.74, 6) is -0.445. The van der Waals surface area contributed by atoms with E-state index in [0.29, 0.717) is 12.1 Å². The maximum atomic E-state index is 13.7. The molecule has 1 heterocycles. The zero-order chi connectivity index (χ0) is 13.1. The highest BCUT2D eigenvalue weighted by Gasteiger charge is 2.21. The summed E-state index contributed by atoms with van der Waals surface area (Å²) in [6, 6.07) is 4.83. The third-order valence-corrected chi connectivity index (χ3v) is 3.72. The van der Waals surface area contributed by atoms with Gasteiger partial charge in [0.2, 0.25) is 5.91 Å². The van der Waals surface area contributed by atoms with E-state index in [1.54, 1.807) is 19.2 Å². The summed E-state index contributed by atoms with van der Waals surface area (Å²) in [6.07, 6.45) is 2.54. The van der Waals surface area contributed by atoms with Crippen molar-refractivity contribution in [1.29, 1.82) is 0 Å². The summed E-state index contributed by atoms with van der Waals surface area (Å²) >= 11 is 3.28. The van der Waals surface area contributed by atoms with E-state index in [1.165, 1.54) is 11.0 Å². The van der Waals surface area contributed by atoms with Gasteiger partial charge in [0.05, 0.1) is 5.69 Å². The molecule has 1 N–H and O–H groups in total. The number of amides is 1. The minimum absolute atomic E-state index is 0.0635. The first-order valence-electron chi connectivity index (χ1n) is 6.03. The number of carbonyl (C=O) groups is 1. The second kappa shape index (κ2) is 5.80. The molecule has 1 amide bonds. The molecule has 5 heteroatoms. The van der Waals surface area contributed by atoms with E-state index in [1.807, 2.05) is 0 Å². The third-order valence-electron chi connectivity index (χ3n) is 3.23. The Bertz CT molecular complexity index is 447. The van der Waals surface area contributed by atoms with Crippen molar-refractivity contribution in [3.05, 3.63) is 28.5 Å². The standard InChI is InChI=1S/C13H16BrFN2O/c1-17(12-7-9(14)4-5-11(12)15)13(18)8-10-3-2-6-16-10/h4-5,7,10,16H,2-3,6,8H2,1H3. The highest BCUT2D eigenvalue weighted by Crippen LogP contribution is 2.24. The molecular weight excluding hydrogens is 299 g/mol. The molecule has 1 fully saturated rings. The van der Waals surface area contributed by atoms with Crippen LogP contribution in [0.2, 0.25) is 0 Å². The average molecular weight is 315 g/mol. The van der Waals surface area contributed by atoms with E-state index in [-0.39, 0.29) is 17.8 Å². The quantitative estimate of drug-likeness (QED) is 0.930. The predicted molar refractivity (Wildman–Crippen MR) is 73.2 cm³/mol. The fourth-order valence-electron chi connectivity index (χ4n) is 2.16. The third kappa shape index (κ3) is 3.09. The van der Waals surface area contributed by atoms with Gasteiger partial charge in [0, 0.05) is 24.0 Å². The minimum Gasteiger partial charge on any atom is -0.313 e. The number of anilines is 1. The van der Waals surface area contributed by atoms with Crippen molar-refractivity contribution in [3.63, 3.8) is 0 Å². The normalized spacial score (nSPS) is 18.9. The Labute approximate surface area is 114 Å². The lowest BCUT2D eigenvalue weighted by Crippen LogP contribution is -2.33. The summed E-state index contributed by atoms with van der Waals surface area (Å²) in [5.41, 5.74) is 0.312. The van der Waals surface area contributed by atoms with Crippen LogP contribution < -0.4 is 10.2 Å². The van der Waals surface area contributed by atoms with E-state index in [9.17, 15) is 9.18 Å². The van der Waals surface area contributed by atoms with Crippen molar-refractivity contribution in [3.8, 4) is 0 Å².